The Balaban J connectivity index is 4.06. The van der Waals surface area contributed by atoms with E-state index >= 15 is 0 Å². The van der Waals surface area contributed by atoms with Gasteiger partial charge in [-0.1, -0.05) is 18.9 Å². The van der Waals surface area contributed by atoms with Crippen molar-refractivity contribution in [1.29, 1.82) is 0 Å². The van der Waals surface area contributed by atoms with E-state index in [9.17, 15) is 4.21 Å². The van der Waals surface area contributed by atoms with Gasteiger partial charge in [0.2, 0.25) is 0 Å². The minimum atomic E-state index is -1.000. The number of hydrogen-bond donors (Lipinski definition) is 1. The van der Waals surface area contributed by atoms with Crippen molar-refractivity contribution in [3.8, 4) is 0 Å². The summed E-state index contributed by atoms with van der Waals surface area (Å²) in [5.41, 5.74) is 0. The molecule has 0 saturated carbocycles. The Labute approximate surface area is 114 Å². The number of halogens is 1. The first-order valence-corrected chi connectivity index (χ1v) is 7.95. The van der Waals surface area contributed by atoms with Crippen LogP contribution in [0.3, 0.4) is 0 Å². The largest absolute Gasteiger partial charge is 0.242 e. The third kappa shape index (κ3) is 8.81. The van der Waals surface area contributed by atoms with Crippen molar-refractivity contribution >= 4 is 22.6 Å². The first kappa shape index (κ1) is 17.1. The Morgan fingerprint density at radius 2 is 2.00 bits per heavy atom. The Bertz CT molecular complexity index is 238. The highest BCUT2D eigenvalue weighted by atomic mass is 35.5. The van der Waals surface area contributed by atoms with Crippen molar-refractivity contribution in [2.45, 2.75) is 63.7 Å². The molecule has 1 N–H and O–H groups in total. The molecule has 0 aromatic carbocycles. The minimum absolute atomic E-state index is 0.213. The van der Waals surface area contributed by atoms with E-state index in [-0.39, 0.29) is 10.8 Å². The van der Waals surface area contributed by atoms with Crippen molar-refractivity contribution in [3.63, 3.8) is 0 Å². The van der Waals surface area contributed by atoms with Crippen LogP contribution in [0.15, 0.2) is 12.7 Å². The Morgan fingerprint density at radius 1 is 1.35 bits per heavy atom. The van der Waals surface area contributed by atoms with Crippen LogP contribution >= 0.6 is 11.6 Å². The molecule has 0 aromatic rings. The summed E-state index contributed by atoms with van der Waals surface area (Å²) < 4.78 is 15.0. The number of rotatable bonds is 9. The molecule has 0 heterocycles. The van der Waals surface area contributed by atoms with Crippen LogP contribution in [0.2, 0.25) is 0 Å². The average molecular weight is 280 g/mol. The molecule has 0 radical (unpaired) electrons. The molecule has 0 aliphatic carbocycles. The summed E-state index contributed by atoms with van der Waals surface area (Å²) in [6, 6.07) is 0.267. The van der Waals surface area contributed by atoms with E-state index in [0.29, 0.717) is 0 Å². The lowest BCUT2D eigenvalue weighted by atomic mass is 10.1. The smallest absolute Gasteiger partial charge is 0.0972 e. The lowest BCUT2D eigenvalue weighted by Crippen LogP contribution is -2.39. The zero-order chi connectivity index (χ0) is 13.3. The van der Waals surface area contributed by atoms with Gasteiger partial charge in [-0.3, -0.25) is 0 Å². The fourth-order valence-electron chi connectivity index (χ4n) is 1.42. The average Bonchev–Trinajstić information content (AvgIpc) is 2.23. The standard InChI is InChI=1S/C13H26ClNOS/c1-5-9-12(10-7-6-8-11-14)15-17(16)13(2,3)4/h5,12,15H,1,6-11H2,2-4H3/t12-,17+/m1/s1. The van der Waals surface area contributed by atoms with Crippen LogP contribution in [0.25, 0.3) is 0 Å². The van der Waals surface area contributed by atoms with Gasteiger partial charge >= 0.3 is 0 Å². The molecule has 0 amide bonds. The molecule has 0 aliphatic rings. The number of nitrogens with one attached hydrogen (secondary N) is 1. The van der Waals surface area contributed by atoms with Crippen molar-refractivity contribution < 1.29 is 4.21 Å². The summed E-state index contributed by atoms with van der Waals surface area (Å²) in [7, 11) is -1.000. The Hall–Kier alpha value is 0.140. The highest BCUT2D eigenvalue weighted by molar-refractivity contribution is 7.84. The van der Waals surface area contributed by atoms with Crippen LogP contribution in [-0.2, 0) is 11.0 Å². The van der Waals surface area contributed by atoms with E-state index in [4.69, 9.17) is 11.6 Å². The van der Waals surface area contributed by atoms with E-state index in [1.807, 2.05) is 26.8 Å². The molecule has 0 rings (SSSR count). The maximum atomic E-state index is 12.0. The van der Waals surface area contributed by atoms with E-state index in [1.54, 1.807) is 0 Å². The summed E-state index contributed by atoms with van der Waals surface area (Å²) in [5.74, 6) is 0.730. The van der Waals surface area contributed by atoms with Crippen LogP contribution < -0.4 is 4.72 Å². The molecule has 2 nitrogen and oxygen atoms in total. The fraction of sp³-hybridized carbons (Fsp3) is 0.846. The summed E-state index contributed by atoms with van der Waals surface area (Å²) in [6.07, 6.45) is 7.11. The third-order valence-electron chi connectivity index (χ3n) is 2.47. The molecule has 0 aliphatic heterocycles. The van der Waals surface area contributed by atoms with Crippen LogP contribution in [-0.4, -0.2) is 20.9 Å². The molecule has 0 aromatic heterocycles. The summed E-state index contributed by atoms with van der Waals surface area (Å²) in [6.45, 7) is 9.70. The molecule has 2 atom stereocenters. The molecule has 0 fully saturated rings. The maximum Gasteiger partial charge on any atom is 0.0972 e. The van der Waals surface area contributed by atoms with Gasteiger partial charge in [-0.05, 0) is 40.0 Å². The lowest BCUT2D eigenvalue weighted by molar-refractivity contribution is 0.522. The molecular formula is C13H26ClNOS. The molecule has 17 heavy (non-hydrogen) atoms. The normalized spacial score (nSPS) is 15.5. The van der Waals surface area contributed by atoms with Gasteiger partial charge in [0.1, 0.15) is 0 Å². The zero-order valence-corrected chi connectivity index (χ0v) is 12.9. The second kappa shape index (κ2) is 9.12. The van der Waals surface area contributed by atoms with E-state index in [0.717, 1.165) is 38.0 Å². The Morgan fingerprint density at radius 3 is 2.47 bits per heavy atom. The first-order valence-electron chi connectivity index (χ1n) is 6.26. The van der Waals surface area contributed by atoms with Crippen molar-refractivity contribution in [3.05, 3.63) is 12.7 Å². The second-order valence-corrected chi connectivity index (χ2v) is 7.63. The summed E-state index contributed by atoms with van der Waals surface area (Å²) in [5, 5.41) is 0. The second-order valence-electron chi connectivity index (χ2n) is 5.26. The van der Waals surface area contributed by atoms with Gasteiger partial charge in [-0.25, -0.2) is 8.93 Å². The monoisotopic (exact) mass is 279 g/mol. The molecule has 0 bridgehead atoms. The minimum Gasteiger partial charge on any atom is -0.242 e. The zero-order valence-electron chi connectivity index (χ0n) is 11.3. The lowest BCUT2D eigenvalue weighted by Gasteiger charge is -2.23. The molecule has 102 valence electrons. The van der Waals surface area contributed by atoms with Crippen molar-refractivity contribution in [1.82, 2.24) is 4.72 Å². The van der Waals surface area contributed by atoms with Crippen LogP contribution in [0.1, 0.15) is 52.9 Å². The predicted molar refractivity (Wildman–Crippen MR) is 78.8 cm³/mol. The molecule has 0 saturated heterocycles. The Kier molecular flexibility index (Phi) is 9.20. The first-order chi connectivity index (χ1) is 7.91. The summed E-state index contributed by atoms with van der Waals surface area (Å²) >= 11 is 5.64. The van der Waals surface area contributed by atoms with E-state index in [1.165, 1.54) is 0 Å². The summed E-state index contributed by atoms with van der Waals surface area (Å²) in [4.78, 5) is 0. The molecule has 4 heteroatoms. The van der Waals surface area contributed by atoms with Crippen molar-refractivity contribution in [2.75, 3.05) is 5.88 Å². The van der Waals surface area contributed by atoms with Gasteiger partial charge < -0.3 is 0 Å². The third-order valence-corrected chi connectivity index (χ3v) is 4.39. The highest BCUT2D eigenvalue weighted by Crippen LogP contribution is 2.13. The molecular weight excluding hydrogens is 254 g/mol. The quantitative estimate of drug-likeness (QED) is 0.388. The number of hydrogen-bond acceptors (Lipinski definition) is 1. The van der Waals surface area contributed by atoms with Gasteiger partial charge in [0.05, 0.1) is 15.7 Å². The van der Waals surface area contributed by atoms with Gasteiger partial charge in [0.25, 0.3) is 0 Å². The highest BCUT2D eigenvalue weighted by Gasteiger charge is 2.21. The van der Waals surface area contributed by atoms with E-state index in [2.05, 4.69) is 11.3 Å². The topological polar surface area (TPSA) is 29.1 Å². The number of unbranched alkanes of at least 4 members (excludes halogenated alkanes) is 2. The van der Waals surface area contributed by atoms with Gasteiger partial charge in [0.15, 0.2) is 0 Å². The number of alkyl halides is 1. The van der Waals surface area contributed by atoms with Gasteiger partial charge in [-0.15, -0.1) is 18.2 Å². The van der Waals surface area contributed by atoms with Crippen LogP contribution in [0.5, 0.6) is 0 Å². The SMILES string of the molecule is C=CC[C@H](CCCCCCl)N[S@@](=O)C(C)(C)C. The molecule has 0 spiro atoms. The molecule has 0 unspecified atom stereocenters. The van der Waals surface area contributed by atoms with Gasteiger partial charge in [0, 0.05) is 11.9 Å². The predicted octanol–water partition coefficient (Wildman–Crippen LogP) is 3.78. The van der Waals surface area contributed by atoms with Gasteiger partial charge in [-0.2, -0.15) is 0 Å². The van der Waals surface area contributed by atoms with E-state index < -0.39 is 11.0 Å². The maximum absolute atomic E-state index is 12.0. The van der Waals surface area contributed by atoms with Crippen LogP contribution in [0, 0.1) is 0 Å². The van der Waals surface area contributed by atoms with Crippen molar-refractivity contribution in [2.24, 2.45) is 0 Å². The van der Waals surface area contributed by atoms with Crippen LogP contribution in [0.4, 0.5) is 0 Å². The fourth-order valence-corrected chi connectivity index (χ4v) is 2.48.